The Labute approximate surface area is 102 Å². The van der Waals surface area contributed by atoms with E-state index in [0.717, 1.165) is 0 Å². The van der Waals surface area contributed by atoms with Crippen molar-refractivity contribution < 1.29 is 19.0 Å². The molecular formula is C12H11FN2O3. The summed E-state index contributed by atoms with van der Waals surface area (Å²) in [6.07, 6.45) is 0. The van der Waals surface area contributed by atoms with Crippen molar-refractivity contribution in [2.45, 2.75) is 6.04 Å². The van der Waals surface area contributed by atoms with Gasteiger partial charge in [-0.1, -0.05) is 0 Å². The van der Waals surface area contributed by atoms with Crippen LogP contribution >= 0.6 is 0 Å². The molecule has 0 radical (unpaired) electrons. The smallest absolute Gasteiger partial charge is 0.325 e. The molecule has 18 heavy (non-hydrogen) atoms. The Morgan fingerprint density at radius 1 is 1.44 bits per heavy atom. The van der Waals surface area contributed by atoms with Crippen LogP contribution in [0.1, 0.15) is 11.6 Å². The van der Waals surface area contributed by atoms with E-state index < -0.39 is 17.8 Å². The molecule has 1 atom stereocenters. The Bertz CT molecular complexity index is 616. The fourth-order valence-corrected chi connectivity index (χ4v) is 1.70. The highest BCUT2D eigenvalue weighted by atomic mass is 19.1. The van der Waals surface area contributed by atoms with E-state index >= 15 is 0 Å². The van der Waals surface area contributed by atoms with Gasteiger partial charge >= 0.3 is 5.97 Å². The minimum atomic E-state index is -1.46. The fourth-order valence-electron chi connectivity index (χ4n) is 1.70. The first kappa shape index (κ1) is 12.3. The number of rotatable bonds is 3. The molecule has 94 valence electrons. The highest BCUT2D eigenvalue weighted by Crippen LogP contribution is 2.26. The predicted octanol–water partition coefficient (Wildman–Crippen LogP) is 1.47. The summed E-state index contributed by atoms with van der Waals surface area (Å²) in [6, 6.07) is 4.49. The van der Waals surface area contributed by atoms with Gasteiger partial charge in [0.1, 0.15) is 11.9 Å². The van der Waals surface area contributed by atoms with Crippen LogP contribution in [0, 0.1) is 5.82 Å². The van der Waals surface area contributed by atoms with E-state index in [-0.39, 0.29) is 17.0 Å². The number of nitrogens with two attached hydrogens (primary N) is 1. The van der Waals surface area contributed by atoms with Gasteiger partial charge in [0.15, 0.2) is 0 Å². The Kier molecular flexibility index (Phi) is 3.12. The normalized spacial score (nSPS) is 12.4. The van der Waals surface area contributed by atoms with E-state index in [0.29, 0.717) is 5.39 Å². The molecule has 2 rings (SSSR count). The zero-order chi connectivity index (χ0) is 13.3. The van der Waals surface area contributed by atoms with Crippen LogP contribution in [0.15, 0.2) is 24.3 Å². The second kappa shape index (κ2) is 4.58. The van der Waals surface area contributed by atoms with Crippen LogP contribution in [0.4, 0.5) is 4.39 Å². The largest absolute Gasteiger partial charge is 0.481 e. The minimum Gasteiger partial charge on any atom is -0.481 e. The molecule has 3 N–H and O–H groups in total. The monoisotopic (exact) mass is 250 g/mol. The lowest BCUT2D eigenvalue weighted by molar-refractivity contribution is -0.138. The Hall–Kier alpha value is -2.21. The SMILES string of the molecule is COc1ccc2ccc(F)c(C(N)C(=O)O)c2n1. The second-order valence-corrected chi connectivity index (χ2v) is 3.70. The molecule has 0 aliphatic carbocycles. The molecular weight excluding hydrogens is 239 g/mol. The number of carboxylic acid groups (broad SMARTS) is 1. The summed E-state index contributed by atoms with van der Waals surface area (Å²) in [5.74, 6) is -1.74. The number of aromatic nitrogens is 1. The molecule has 6 heteroatoms. The number of fused-ring (bicyclic) bond motifs is 1. The van der Waals surface area contributed by atoms with E-state index in [1.165, 1.54) is 19.2 Å². The maximum absolute atomic E-state index is 13.7. The molecule has 1 aromatic heterocycles. The number of halogens is 1. The van der Waals surface area contributed by atoms with Crippen molar-refractivity contribution in [2.75, 3.05) is 7.11 Å². The van der Waals surface area contributed by atoms with Crippen LogP contribution in [-0.4, -0.2) is 23.2 Å². The van der Waals surface area contributed by atoms with Gasteiger partial charge in [0.25, 0.3) is 0 Å². The number of hydrogen-bond acceptors (Lipinski definition) is 4. The first-order chi connectivity index (χ1) is 8.54. The number of carboxylic acids is 1. The van der Waals surface area contributed by atoms with Crippen LogP contribution in [-0.2, 0) is 4.79 Å². The molecule has 2 aromatic rings. The predicted molar refractivity (Wildman–Crippen MR) is 62.8 cm³/mol. The third-order valence-corrected chi connectivity index (χ3v) is 2.61. The zero-order valence-electron chi connectivity index (χ0n) is 9.55. The van der Waals surface area contributed by atoms with Crippen LogP contribution in [0.5, 0.6) is 5.88 Å². The van der Waals surface area contributed by atoms with Gasteiger partial charge < -0.3 is 15.6 Å². The summed E-state index contributed by atoms with van der Waals surface area (Å²) in [7, 11) is 1.42. The van der Waals surface area contributed by atoms with Gasteiger partial charge in [0.05, 0.1) is 12.6 Å². The molecule has 5 nitrogen and oxygen atoms in total. The van der Waals surface area contributed by atoms with Crippen molar-refractivity contribution in [3.63, 3.8) is 0 Å². The van der Waals surface area contributed by atoms with E-state index in [2.05, 4.69) is 4.98 Å². The van der Waals surface area contributed by atoms with Crippen LogP contribution in [0.3, 0.4) is 0 Å². The highest BCUT2D eigenvalue weighted by Gasteiger charge is 2.22. The van der Waals surface area contributed by atoms with Gasteiger partial charge in [-0.05, 0) is 18.2 Å². The van der Waals surface area contributed by atoms with Crippen molar-refractivity contribution in [1.82, 2.24) is 4.98 Å². The zero-order valence-corrected chi connectivity index (χ0v) is 9.55. The number of nitrogens with zero attached hydrogens (tertiary/aromatic N) is 1. The lowest BCUT2D eigenvalue weighted by Gasteiger charge is -2.11. The first-order valence-electron chi connectivity index (χ1n) is 5.16. The van der Waals surface area contributed by atoms with Crippen molar-refractivity contribution in [2.24, 2.45) is 5.73 Å². The third-order valence-electron chi connectivity index (χ3n) is 2.61. The molecule has 0 spiro atoms. The maximum Gasteiger partial charge on any atom is 0.325 e. The van der Waals surface area contributed by atoms with Crippen LogP contribution in [0.25, 0.3) is 10.9 Å². The van der Waals surface area contributed by atoms with Gasteiger partial charge in [0.2, 0.25) is 5.88 Å². The standard InChI is InChI=1S/C12H11FN2O3/c1-18-8-5-3-6-2-4-7(13)9(11(6)15-8)10(14)12(16)17/h2-5,10H,14H2,1H3,(H,16,17). The lowest BCUT2D eigenvalue weighted by atomic mass is 10.0. The first-order valence-corrected chi connectivity index (χ1v) is 5.16. The molecule has 0 bridgehead atoms. The van der Waals surface area contributed by atoms with Crippen LogP contribution < -0.4 is 10.5 Å². The molecule has 0 amide bonds. The Balaban J connectivity index is 2.75. The van der Waals surface area contributed by atoms with E-state index in [4.69, 9.17) is 15.6 Å². The maximum atomic E-state index is 13.7. The van der Waals surface area contributed by atoms with Crippen LogP contribution in [0.2, 0.25) is 0 Å². The molecule has 0 saturated heterocycles. The van der Waals surface area contributed by atoms with E-state index in [9.17, 15) is 9.18 Å². The highest BCUT2D eigenvalue weighted by molar-refractivity contribution is 5.88. The summed E-state index contributed by atoms with van der Waals surface area (Å²) in [5, 5.41) is 9.50. The molecule has 0 aliphatic heterocycles. The lowest BCUT2D eigenvalue weighted by Crippen LogP contribution is -2.22. The van der Waals surface area contributed by atoms with Crippen molar-refractivity contribution in [3.8, 4) is 5.88 Å². The molecule has 0 fully saturated rings. The van der Waals surface area contributed by atoms with Gasteiger partial charge in [-0.2, -0.15) is 0 Å². The molecule has 0 aliphatic rings. The average molecular weight is 250 g/mol. The number of pyridine rings is 1. The molecule has 1 aromatic carbocycles. The Morgan fingerprint density at radius 2 is 2.11 bits per heavy atom. The number of aliphatic carboxylic acids is 1. The van der Waals surface area contributed by atoms with Gasteiger partial charge in [-0.15, -0.1) is 0 Å². The fraction of sp³-hybridized carbons (Fsp3) is 0.167. The van der Waals surface area contributed by atoms with Crippen molar-refractivity contribution in [3.05, 3.63) is 35.6 Å². The van der Waals surface area contributed by atoms with Gasteiger partial charge in [-0.3, -0.25) is 4.79 Å². The van der Waals surface area contributed by atoms with Gasteiger partial charge in [-0.25, -0.2) is 9.37 Å². The Morgan fingerprint density at radius 3 is 2.72 bits per heavy atom. The average Bonchev–Trinajstić information content (AvgIpc) is 2.37. The number of hydrogen-bond donors (Lipinski definition) is 2. The second-order valence-electron chi connectivity index (χ2n) is 3.70. The minimum absolute atomic E-state index is 0.140. The quantitative estimate of drug-likeness (QED) is 0.861. The van der Waals surface area contributed by atoms with Crippen molar-refractivity contribution in [1.29, 1.82) is 0 Å². The summed E-state index contributed by atoms with van der Waals surface area (Å²) >= 11 is 0. The molecule has 1 unspecified atom stereocenters. The summed E-state index contributed by atoms with van der Waals surface area (Å²) in [6.45, 7) is 0. The summed E-state index contributed by atoms with van der Waals surface area (Å²) in [5.41, 5.74) is 5.53. The number of benzene rings is 1. The van der Waals surface area contributed by atoms with Crippen molar-refractivity contribution >= 4 is 16.9 Å². The third kappa shape index (κ3) is 1.98. The summed E-state index contributed by atoms with van der Waals surface area (Å²) < 4.78 is 18.7. The number of methoxy groups -OCH3 is 1. The van der Waals surface area contributed by atoms with Gasteiger partial charge in [0, 0.05) is 17.0 Å². The molecule has 0 saturated carbocycles. The number of carbonyl (C=O) groups is 1. The van der Waals surface area contributed by atoms with E-state index in [1.807, 2.05) is 0 Å². The summed E-state index contributed by atoms with van der Waals surface area (Å²) in [4.78, 5) is 15.0. The number of ether oxygens (including phenoxy) is 1. The van der Waals surface area contributed by atoms with E-state index in [1.54, 1.807) is 12.1 Å². The topological polar surface area (TPSA) is 85.4 Å². The molecule has 1 heterocycles.